The van der Waals surface area contributed by atoms with Gasteiger partial charge in [-0.1, -0.05) is 78.9 Å². The summed E-state index contributed by atoms with van der Waals surface area (Å²) in [5.74, 6) is -1.18. The van der Waals surface area contributed by atoms with E-state index in [4.69, 9.17) is 4.74 Å². The maximum Gasteiger partial charge on any atom is 0.314 e. The quantitative estimate of drug-likeness (QED) is 0.387. The lowest BCUT2D eigenvalue weighted by molar-refractivity contribution is -0.166. The second-order valence-electron chi connectivity index (χ2n) is 9.13. The zero-order chi connectivity index (χ0) is 23.7. The average molecular weight is 436 g/mol. The molecule has 0 aliphatic heterocycles. The Bertz CT molecular complexity index is 869. The molecule has 0 fully saturated rings. The normalized spacial score (nSPS) is 15.8. The molecule has 4 atom stereocenters. The van der Waals surface area contributed by atoms with E-state index >= 15 is 0 Å². The first-order valence-corrected chi connectivity index (χ1v) is 11.2. The highest BCUT2D eigenvalue weighted by atomic mass is 16.6. The monoisotopic (exact) mass is 435 g/mol. The zero-order valence-corrected chi connectivity index (χ0v) is 19.9. The van der Waals surface area contributed by atoms with Gasteiger partial charge in [-0.3, -0.25) is 9.69 Å². The van der Waals surface area contributed by atoms with Gasteiger partial charge in [-0.15, -0.1) is 6.58 Å². The Balaban J connectivity index is 2.53. The lowest BCUT2D eigenvalue weighted by Gasteiger charge is -2.39. The molecule has 4 heteroatoms. The van der Waals surface area contributed by atoms with E-state index in [9.17, 15) is 9.90 Å². The first-order chi connectivity index (χ1) is 15.1. The summed E-state index contributed by atoms with van der Waals surface area (Å²) in [6, 6.07) is 19.7. The number of aliphatic hydroxyl groups excluding tert-OH is 1. The minimum atomic E-state index is -0.898. The molecule has 172 valence electrons. The van der Waals surface area contributed by atoms with Gasteiger partial charge >= 0.3 is 5.97 Å². The van der Waals surface area contributed by atoms with Crippen molar-refractivity contribution < 1.29 is 14.6 Å². The standard InChI is InChI=1S/C28H37NO3/c1-7-20-29(21(2)24-16-12-9-13-17-24)25(19-18-23-14-10-8-11-15-23)26(22(3)30)27(31)32-28(4,5)6/h7-19,21-22,25-26,30H,1,20H2,2-6H3/b19-18+. The number of rotatable bonds is 10. The Morgan fingerprint density at radius 3 is 2.12 bits per heavy atom. The predicted molar refractivity (Wildman–Crippen MR) is 132 cm³/mol. The molecule has 0 aliphatic rings. The van der Waals surface area contributed by atoms with Gasteiger partial charge in [0.1, 0.15) is 11.5 Å². The molecule has 0 radical (unpaired) electrons. The SMILES string of the molecule is C=CCN(C(C)c1ccccc1)C(/C=C/c1ccccc1)C(C(=O)OC(C)(C)C)C(C)O. The van der Waals surface area contributed by atoms with E-state index in [2.05, 4.69) is 30.5 Å². The number of nitrogens with zero attached hydrogens (tertiary/aromatic N) is 1. The van der Waals surface area contributed by atoms with Crippen molar-refractivity contribution in [3.8, 4) is 0 Å². The van der Waals surface area contributed by atoms with Crippen LogP contribution < -0.4 is 0 Å². The van der Waals surface area contributed by atoms with Crippen molar-refractivity contribution in [1.29, 1.82) is 0 Å². The van der Waals surface area contributed by atoms with Gasteiger partial charge in [-0.25, -0.2) is 0 Å². The van der Waals surface area contributed by atoms with Crippen molar-refractivity contribution in [3.63, 3.8) is 0 Å². The maximum atomic E-state index is 13.3. The van der Waals surface area contributed by atoms with E-state index in [1.54, 1.807) is 6.92 Å². The van der Waals surface area contributed by atoms with Crippen molar-refractivity contribution in [2.75, 3.05) is 6.54 Å². The minimum Gasteiger partial charge on any atom is -0.460 e. The van der Waals surface area contributed by atoms with Gasteiger partial charge in [0.2, 0.25) is 0 Å². The fourth-order valence-electron chi connectivity index (χ4n) is 3.81. The number of benzene rings is 2. The zero-order valence-electron chi connectivity index (χ0n) is 19.9. The predicted octanol–water partition coefficient (Wildman–Crippen LogP) is 5.66. The Hall–Kier alpha value is -2.69. The molecule has 4 nitrogen and oxygen atoms in total. The van der Waals surface area contributed by atoms with E-state index in [0.29, 0.717) is 6.54 Å². The number of carbonyl (C=O) groups excluding carboxylic acids is 1. The van der Waals surface area contributed by atoms with E-state index in [1.807, 2.05) is 87.5 Å². The molecule has 0 aromatic heterocycles. The number of esters is 1. The van der Waals surface area contributed by atoms with Crippen LogP contribution in [-0.4, -0.2) is 40.3 Å². The Kier molecular flexibility index (Phi) is 9.42. The first-order valence-electron chi connectivity index (χ1n) is 11.2. The van der Waals surface area contributed by atoms with E-state index in [1.165, 1.54) is 0 Å². The summed E-state index contributed by atoms with van der Waals surface area (Å²) in [6.45, 7) is 13.8. The molecule has 0 amide bonds. The minimum absolute atomic E-state index is 0.0108. The highest BCUT2D eigenvalue weighted by Gasteiger charge is 2.39. The third kappa shape index (κ3) is 7.47. The molecule has 4 unspecified atom stereocenters. The second kappa shape index (κ2) is 11.8. The number of ether oxygens (including phenoxy) is 1. The van der Waals surface area contributed by atoms with Gasteiger partial charge in [-0.05, 0) is 45.7 Å². The van der Waals surface area contributed by atoms with Gasteiger partial charge in [0, 0.05) is 18.6 Å². The van der Waals surface area contributed by atoms with Crippen LogP contribution in [0.3, 0.4) is 0 Å². The largest absolute Gasteiger partial charge is 0.460 e. The summed E-state index contributed by atoms with van der Waals surface area (Å²) >= 11 is 0. The second-order valence-corrected chi connectivity index (χ2v) is 9.13. The molecule has 0 saturated carbocycles. The number of hydrogen-bond acceptors (Lipinski definition) is 4. The molecule has 1 N–H and O–H groups in total. The lowest BCUT2D eigenvalue weighted by atomic mass is 9.90. The van der Waals surface area contributed by atoms with Crippen LogP contribution in [-0.2, 0) is 9.53 Å². The molecule has 2 aromatic rings. The van der Waals surface area contributed by atoms with Gasteiger partial charge in [-0.2, -0.15) is 0 Å². The third-order valence-corrected chi connectivity index (χ3v) is 5.35. The molecule has 0 saturated heterocycles. The summed E-state index contributed by atoms with van der Waals surface area (Å²) in [4.78, 5) is 15.4. The number of aliphatic hydroxyl groups is 1. The highest BCUT2D eigenvalue weighted by Crippen LogP contribution is 2.30. The molecule has 2 aromatic carbocycles. The summed E-state index contributed by atoms with van der Waals surface area (Å²) in [5.41, 5.74) is 1.50. The smallest absolute Gasteiger partial charge is 0.314 e. The van der Waals surface area contributed by atoms with E-state index in [0.717, 1.165) is 11.1 Å². The molecule has 32 heavy (non-hydrogen) atoms. The van der Waals surface area contributed by atoms with Crippen molar-refractivity contribution in [2.24, 2.45) is 5.92 Å². The Morgan fingerprint density at radius 2 is 1.62 bits per heavy atom. The Labute approximate surface area is 193 Å². The first kappa shape index (κ1) is 25.6. The third-order valence-electron chi connectivity index (χ3n) is 5.35. The fraction of sp³-hybridized carbons (Fsp3) is 0.393. The van der Waals surface area contributed by atoms with Crippen LogP contribution in [0.15, 0.2) is 79.4 Å². The summed E-state index contributed by atoms with van der Waals surface area (Å²) in [5, 5.41) is 10.7. The average Bonchev–Trinajstić information content (AvgIpc) is 2.74. The summed E-state index contributed by atoms with van der Waals surface area (Å²) in [6.07, 6.45) is 4.93. The molecule has 0 bridgehead atoms. The van der Waals surface area contributed by atoms with Crippen LogP contribution >= 0.6 is 0 Å². The molecule has 0 spiro atoms. The summed E-state index contributed by atoms with van der Waals surface area (Å²) in [7, 11) is 0. The fourth-order valence-corrected chi connectivity index (χ4v) is 3.81. The molecule has 0 aliphatic carbocycles. The molecule has 2 rings (SSSR count). The molecular formula is C28H37NO3. The Morgan fingerprint density at radius 1 is 1.06 bits per heavy atom. The van der Waals surface area contributed by atoms with E-state index < -0.39 is 29.6 Å². The van der Waals surface area contributed by atoms with Crippen LogP contribution in [0.5, 0.6) is 0 Å². The van der Waals surface area contributed by atoms with Crippen LogP contribution in [0.2, 0.25) is 0 Å². The van der Waals surface area contributed by atoms with Crippen LogP contribution in [0.4, 0.5) is 0 Å². The topological polar surface area (TPSA) is 49.8 Å². The van der Waals surface area contributed by atoms with Crippen LogP contribution in [0.1, 0.15) is 51.8 Å². The summed E-state index contributed by atoms with van der Waals surface area (Å²) < 4.78 is 5.72. The van der Waals surface area contributed by atoms with Gasteiger partial charge < -0.3 is 9.84 Å². The van der Waals surface area contributed by atoms with Gasteiger partial charge in [0.25, 0.3) is 0 Å². The van der Waals surface area contributed by atoms with Crippen molar-refractivity contribution >= 4 is 12.0 Å². The number of carbonyl (C=O) groups is 1. The maximum absolute atomic E-state index is 13.3. The highest BCUT2D eigenvalue weighted by molar-refractivity contribution is 5.75. The molecule has 0 heterocycles. The van der Waals surface area contributed by atoms with Crippen LogP contribution in [0.25, 0.3) is 6.08 Å². The lowest BCUT2D eigenvalue weighted by Crippen LogP contribution is -2.49. The van der Waals surface area contributed by atoms with Gasteiger partial charge in [0.15, 0.2) is 0 Å². The van der Waals surface area contributed by atoms with Crippen LogP contribution in [0, 0.1) is 5.92 Å². The molecular weight excluding hydrogens is 398 g/mol. The number of hydrogen-bond donors (Lipinski definition) is 1. The van der Waals surface area contributed by atoms with Gasteiger partial charge in [0.05, 0.1) is 6.10 Å². The van der Waals surface area contributed by atoms with Crippen molar-refractivity contribution in [2.45, 2.75) is 58.4 Å². The van der Waals surface area contributed by atoms with Crippen molar-refractivity contribution in [3.05, 3.63) is 90.5 Å². The van der Waals surface area contributed by atoms with E-state index in [-0.39, 0.29) is 6.04 Å². The van der Waals surface area contributed by atoms with Crippen molar-refractivity contribution in [1.82, 2.24) is 4.90 Å².